The Morgan fingerprint density at radius 2 is 1.65 bits per heavy atom. The molecule has 1 saturated heterocycles. The third-order valence-corrected chi connectivity index (χ3v) is 3.74. The monoisotopic (exact) mass is 289 g/mol. The Hall–Kier alpha value is -2.01. The zero-order valence-electron chi connectivity index (χ0n) is 11.0. The van der Waals surface area contributed by atoms with Crippen molar-refractivity contribution in [1.82, 2.24) is 9.97 Å². The van der Waals surface area contributed by atoms with Gasteiger partial charge in [-0.2, -0.15) is 0 Å². The van der Waals surface area contributed by atoms with Crippen molar-refractivity contribution in [2.45, 2.75) is 0 Å². The molecule has 3 rings (SSSR count). The maximum atomic E-state index is 5.92. The van der Waals surface area contributed by atoms with Crippen LogP contribution in [0.3, 0.4) is 0 Å². The van der Waals surface area contributed by atoms with Crippen LogP contribution in [-0.2, 0) is 0 Å². The number of nitrogens with two attached hydrogens (primary N) is 1. The van der Waals surface area contributed by atoms with Crippen LogP contribution in [0.15, 0.2) is 36.8 Å². The first-order valence-corrected chi connectivity index (χ1v) is 6.93. The third-order valence-electron chi connectivity index (χ3n) is 3.49. The average Bonchev–Trinajstić information content (AvgIpc) is 2.49. The highest BCUT2D eigenvalue weighted by Crippen LogP contribution is 2.23. The summed E-state index contributed by atoms with van der Waals surface area (Å²) >= 11 is 5.92. The van der Waals surface area contributed by atoms with E-state index >= 15 is 0 Å². The second-order valence-electron chi connectivity index (χ2n) is 4.75. The zero-order chi connectivity index (χ0) is 13.9. The summed E-state index contributed by atoms with van der Waals surface area (Å²) in [5.74, 6) is 0.829. The Bertz CT molecular complexity index is 578. The number of aromatic nitrogens is 2. The number of rotatable bonds is 2. The number of piperazine rings is 1. The van der Waals surface area contributed by atoms with Crippen LogP contribution >= 0.6 is 11.6 Å². The molecule has 6 heteroatoms. The SMILES string of the molecule is Nc1cncnc1N1CCN(c2ccc(Cl)cc2)CC1. The normalized spacial score (nSPS) is 15.4. The highest BCUT2D eigenvalue weighted by atomic mass is 35.5. The van der Waals surface area contributed by atoms with Crippen molar-refractivity contribution in [3.63, 3.8) is 0 Å². The van der Waals surface area contributed by atoms with E-state index < -0.39 is 0 Å². The zero-order valence-corrected chi connectivity index (χ0v) is 11.8. The van der Waals surface area contributed by atoms with E-state index in [1.54, 1.807) is 6.20 Å². The van der Waals surface area contributed by atoms with Crippen LogP contribution in [0.25, 0.3) is 0 Å². The van der Waals surface area contributed by atoms with Crippen LogP contribution in [0.5, 0.6) is 0 Å². The molecule has 0 radical (unpaired) electrons. The summed E-state index contributed by atoms with van der Waals surface area (Å²) < 4.78 is 0. The van der Waals surface area contributed by atoms with Crippen LogP contribution < -0.4 is 15.5 Å². The molecule has 1 aliphatic rings. The molecule has 1 aromatic carbocycles. The van der Waals surface area contributed by atoms with Crippen molar-refractivity contribution < 1.29 is 0 Å². The van der Waals surface area contributed by atoms with Crippen molar-refractivity contribution in [2.24, 2.45) is 0 Å². The van der Waals surface area contributed by atoms with Crippen LogP contribution in [0.4, 0.5) is 17.2 Å². The van der Waals surface area contributed by atoms with Crippen LogP contribution in [0.2, 0.25) is 5.02 Å². The highest BCUT2D eigenvalue weighted by Gasteiger charge is 2.19. The Morgan fingerprint density at radius 1 is 1.00 bits per heavy atom. The number of anilines is 3. The van der Waals surface area contributed by atoms with Gasteiger partial charge in [-0.15, -0.1) is 0 Å². The summed E-state index contributed by atoms with van der Waals surface area (Å²) in [7, 11) is 0. The van der Waals surface area contributed by atoms with E-state index in [1.807, 2.05) is 12.1 Å². The minimum Gasteiger partial charge on any atom is -0.394 e. The lowest BCUT2D eigenvalue weighted by Gasteiger charge is -2.37. The lowest BCUT2D eigenvalue weighted by Crippen LogP contribution is -2.47. The van der Waals surface area contributed by atoms with E-state index in [2.05, 4.69) is 31.9 Å². The van der Waals surface area contributed by atoms with E-state index in [9.17, 15) is 0 Å². The molecule has 1 aliphatic heterocycles. The molecular weight excluding hydrogens is 274 g/mol. The molecule has 0 spiro atoms. The molecule has 1 aromatic heterocycles. The van der Waals surface area contributed by atoms with Crippen LogP contribution in [0.1, 0.15) is 0 Å². The fourth-order valence-corrected chi connectivity index (χ4v) is 2.55. The van der Waals surface area contributed by atoms with Gasteiger partial charge >= 0.3 is 0 Å². The predicted octanol–water partition coefficient (Wildman–Crippen LogP) is 2.04. The van der Waals surface area contributed by atoms with Gasteiger partial charge in [0.15, 0.2) is 5.82 Å². The smallest absolute Gasteiger partial charge is 0.155 e. The molecule has 0 unspecified atom stereocenters. The van der Waals surface area contributed by atoms with Crippen molar-refractivity contribution in [3.8, 4) is 0 Å². The molecule has 104 valence electrons. The Kier molecular flexibility index (Phi) is 3.60. The summed E-state index contributed by atoms with van der Waals surface area (Å²) in [6, 6.07) is 7.95. The minimum atomic E-state index is 0.632. The van der Waals surface area contributed by atoms with Gasteiger partial charge in [-0.3, -0.25) is 0 Å². The standard InChI is InChI=1S/C14H16ClN5/c15-11-1-3-12(4-2-11)19-5-7-20(8-6-19)14-13(16)9-17-10-18-14/h1-4,9-10H,5-8,16H2. The molecule has 0 bridgehead atoms. The van der Waals surface area contributed by atoms with Gasteiger partial charge in [-0.25, -0.2) is 9.97 Å². The van der Waals surface area contributed by atoms with Gasteiger partial charge in [-0.05, 0) is 24.3 Å². The average molecular weight is 290 g/mol. The number of hydrogen-bond donors (Lipinski definition) is 1. The summed E-state index contributed by atoms with van der Waals surface area (Å²) in [5.41, 5.74) is 7.75. The Balaban J connectivity index is 1.68. The quantitative estimate of drug-likeness (QED) is 0.917. The first kappa shape index (κ1) is 13.0. The summed E-state index contributed by atoms with van der Waals surface area (Å²) in [5, 5.41) is 0.765. The Labute approximate surface area is 123 Å². The van der Waals surface area contributed by atoms with E-state index in [4.69, 9.17) is 17.3 Å². The van der Waals surface area contributed by atoms with Gasteiger partial charge in [0, 0.05) is 36.9 Å². The predicted molar refractivity (Wildman–Crippen MR) is 82.3 cm³/mol. The largest absolute Gasteiger partial charge is 0.394 e. The van der Waals surface area contributed by atoms with Crippen molar-refractivity contribution in [2.75, 3.05) is 41.7 Å². The van der Waals surface area contributed by atoms with Gasteiger partial charge in [-0.1, -0.05) is 11.6 Å². The van der Waals surface area contributed by atoms with E-state index in [0.29, 0.717) is 5.69 Å². The lowest BCUT2D eigenvalue weighted by molar-refractivity contribution is 0.647. The van der Waals surface area contributed by atoms with Crippen molar-refractivity contribution in [1.29, 1.82) is 0 Å². The Morgan fingerprint density at radius 3 is 2.30 bits per heavy atom. The topological polar surface area (TPSA) is 58.3 Å². The number of nitrogens with zero attached hydrogens (tertiary/aromatic N) is 4. The van der Waals surface area contributed by atoms with Crippen LogP contribution in [0, 0.1) is 0 Å². The molecule has 2 heterocycles. The van der Waals surface area contributed by atoms with Crippen molar-refractivity contribution in [3.05, 3.63) is 41.8 Å². The molecule has 2 N–H and O–H groups in total. The van der Waals surface area contributed by atoms with Crippen LogP contribution in [-0.4, -0.2) is 36.1 Å². The third kappa shape index (κ3) is 2.63. The molecule has 0 saturated carbocycles. The number of hydrogen-bond acceptors (Lipinski definition) is 5. The van der Waals surface area contributed by atoms with Gasteiger partial charge in [0.2, 0.25) is 0 Å². The van der Waals surface area contributed by atoms with Gasteiger partial charge < -0.3 is 15.5 Å². The van der Waals surface area contributed by atoms with E-state index in [-0.39, 0.29) is 0 Å². The molecule has 1 fully saturated rings. The lowest BCUT2D eigenvalue weighted by atomic mass is 10.2. The molecule has 0 atom stereocenters. The molecule has 2 aromatic rings. The van der Waals surface area contributed by atoms with Gasteiger partial charge in [0.1, 0.15) is 6.33 Å². The number of halogens is 1. The summed E-state index contributed by atoms with van der Waals surface area (Å²) in [4.78, 5) is 12.7. The fraction of sp³-hybridized carbons (Fsp3) is 0.286. The summed E-state index contributed by atoms with van der Waals surface area (Å²) in [6.45, 7) is 3.66. The number of benzene rings is 1. The molecular formula is C14H16ClN5. The maximum Gasteiger partial charge on any atom is 0.155 e. The van der Waals surface area contributed by atoms with Crippen molar-refractivity contribution >= 4 is 28.8 Å². The molecule has 5 nitrogen and oxygen atoms in total. The second kappa shape index (κ2) is 5.54. The first-order valence-electron chi connectivity index (χ1n) is 6.55. The van der Waals surface area contributed by atoms with Gasteiger partial charge in [0.25, 0.3) is 0 Å². The number of nitrogen functional groups attached to an aromatic ring is 1. The highest BCUT2D eigenvalue weighted by molar-refractivity contribution is 6.30. The minimum absolute atomic E-state index is 0.632. The first-order chi connectivity index (χ1) is 9.74. The maximum absolute atomic E-state index is 5.92. The van der Waals surface area contributed by atoms with Gasteiger partial charge in [0.05, 0.1) is 11.9 Å². The van der Waals surface area contributed by atoms with E-state index in [1.165, 1.54) is 12.0 Å². The molecule has 0 amide bonds. The fourth-order valence-electron chi connectivity index (χ4n) is 2.43. The second-order valence-corrected chi connectivity index (χ2v) is 5.19. The van der Waals surface area contributed by atoms with E-state index in [0.717, 1.165) is 37.0 Å². The summed E-state index contributed by atoms with van der Waals surface area (Å²) in [6.07, 6.45) is 3.19. The molecule has 0 aliphatic carbocycles. The molecule has 20 heavy (non-hydrogen) atoms.